The molecule has 0 radical (unpaired) electrons. The van der Waals surface area contributed by atoms with Gasteiger partial charge in [0.25, 0.3) is 6.71 Å². The van der Waals surface area contributed by atoms with E-state index in [4.69, 9.17) is 0 Å². The Balaban J connectivity index is 0.799. The smallest absolute Gasteiger partial charge is 0.252 e. The third kappa shape index (κ3) is 14.4. The van der Waals surface area contributed by atoms with Crippen LogP contribution in [0.5, 0.6) is 0 Å². The van der Waals surface area contributed by atoms with Crippen molar-refractivity contribution in [2.24, 2.45) is 0 Å². The fourth-order valence-corrected chi connectivity index (χ4v) is 31.3. The molecule has 134 heavy (non-hydrogen) atoms. The molecule has 0 atom stereocenters. The molecular formula is C128H100BN3Si2. The summed E-state index contributed by atoms with van der Waals surface area (Å²) in [5.74, 6) is 0. The summed E-state index contributed by atoms with van der Waals surface area (Å²) in [5, 5.41) is 13.1. The molecule has 638 valence electrons. The second-order valence-corrected chi connectivity index (χ2v) is 45.9. The lowest BCUT2D eigenvalue weighted by atomic mass is 9.33. The van der Waals surface area contributed by atoms with Gasteiger partial charge < -0.3 is 14.4 Å². The van der Waals surface area contributed by atoms with E-state index in [9.17, 15) is 0 Å². The van der Waals surface area contributed by atoms with Crippen LogP contribution in [0, 0.1) is 0 Å². The van der Waals surface area contributed by atoms with E-state index in [-0.39, 0.29) is 17.5 Å². The molecule has 20 aromatic carbocycles. The molecule has 2 aliphatic heterocycles. The van der Waals surface area contributed by atoms with Crippen LogP contribution in [0.1, 0.15) is 52.7 Å². The predicted octanol–water partition coefficient (Wildman–Crippen LogP) is 25.9. The van der Waals surface area contributed by atoms with Gasteiger partial charge in [-0.15, -0.1) is 0 Å². The molecule has 0 fully saturated rings. The van der Waals surface area contributed by atoms with Crippen molar-refractivity contribution in [3.05, 3.63) is 509 Å². The molecule has 0 aliphatic carbocycles. The minimum absolute atomic E-state index is 0.0754. The van der Waals surface area contributed by atoms with E-state index in [1.54, 1.807) is 0 Å². The van der Waals surface area contributed by atoms with Gasteiger partial charge in [0.2, 0.25) is 0 Å². The van der Waals surface area contributed by atoms with Crippen molar-refractivity contribution in [3.63, 3.8) is 0 Å². The van der Waals surface area contributed by atoms with Crippen LogP contribution < -0.4 is 67.7 Å². The largest absolute Gasteiger partial charge is 0.311 e. The maximum atomic E-state index is 2.67. The quantitative estimate of drug-likeness (QED) is 0.0627. The van der Waals surface area contributed by atoms with E-state index in [0.717, 1.165) is 89.9 Å². The monoisotopic (exact) mass is 1750 g/mol. The Morgan fingerprint density at radius 2 is 0.493 bits per heavy atom. The minimum atomic E-state index is -3.13. The molecule has 0 saturated heterocycles. The van der Waals surface area contributed by atoms with Gasteiger partial charge in [-0.1, -0.05) is 460 Å². The molecular weight excluding hydrogens is 1650 g/mol. The SMILES string of the molecule is CC(C)(C)c1ccc2c(c1)c1cc(C(C)(C)C)ccc1n2-c1ccc2c(c1)N(c1ccc(-c3ccccc3)cc1)c1cc(-c3ccc([Si](c4ccccc4)(c4ccccc4)c4cccc(-c5ccccc5)c4)cc3)cc3c1B2c1ccc(-c2ccc([Si](c4ccccc4)(c4ccccc4)c4cccc(-c5ccccc5)c4)cc2)cc1N3c1ccc(-c2ccccc2)cc1-c1ccccc1. The van der Waals surface area contributed by atoms with E-state index >= 15 is 0 Å². The van der Waals surface area contributed by atoms with Crippen molar-refractivity contribution >= 4 is 137 Å². The summed E-state index contributed by atoms with van der Waals surface area (Å²) >= 11 is 0. The number of fused-ring (bicyclic) bond motifs is 7. The van der Waals surface area contributed by atoms with Gasteiger partial charge in [-0.3, -0.25) is 0 Å². The first kappa shape index (κ1) is 82.7. The van der Waals surface area contributed by atoms with Crippen LogP contribution in [0.3, 0.4) is 0 Å². The molecule has 2 aliphatic rings. The first-order valence-electron chi connectivity index (χ1n) is 47.0. The molecule has 0 amide bonds. The number of hydrogen-bond donors (Lipinski definition) is 0. The summed E-state index contributed by atoms with van der Waals surface area (Å²) < 4.78 is 2.55. The van der Waals surface area contributed by atoms with Crippen LogP contribution in [0.2, 0.25) is 0 Å². The molecule has 0 bridgehead atoms. The topological polar surface area (TPSA) is 11.4 Å². The third-order valence-electron chi connectivity index (χ3n) is 28.4. The van der Waals surface area contributed by atoms with Crippen LogP contribution in [0.15, 0.2) is 497 Å². The van der Waals surface area contributed by atoms with Crippen molar-refractivity contribution in [3.8, 4) is 83.6 Å². The zero-order valence-corrected chi connectivity index (χ0v) is 78.3. The Labute approximate surface area is 789 Å². The molecule has 6 heteroatoms. The molecule has 0 unspecified atom stereocenters. The molecule has 1 aromatic heterocycles. The number of rotatable bonds is 18. The first-order chi connectivity index (χ1) is 65.7. The van der Waals surface area contributed by atoms with Gasteiger partial charge in [-0.05, 0) is 231 Å². The van der Waals surface area contributed by atoms with E-state index < -0.39 is 16.1 Å². The van der Waals surface area contributed by atoms with Gasteiger partial charge in [0.1, 0.15) is 0 Å². The normalized spacial score (nSPS) is 12.5. The second-order valence-electron chi connectivity index (χ2n) is 38.2. The van der Waals surface area contributed by atoms with Crippen LogP contribution in [0.4, 0.5) is 34.1 Å². The van der Waals surface area contributed by atoms with Crippen molar-refractivity contribution in [1.82, 2.24) is 4.57 Å². The fraction of sp³-hybridized carbons (Fsp3) is 0.0625. The van der Waals surface area contributed by atoms with Gasteiger partial charge in [0, 0.05) is 50.5 Å². The Morgan fingerprint density at radius 3 is 0.925 bits per heavy atom. The Bertz CT molecular complexity index is 7790. The summed E-state index contributed by atoms with van der Waals surface area (Å²) in [4.78, 5) is 5.31. The summed E-state index contributed by atoms with van der Waals surface area (Å²) in [7, 11) is -6.18. The lowest BCUT2D eigenvalue weighted by Crippen LogP contribution is -2.74. The predicted molar refractivity (Wildman–Crippen MR) is 577 cm³/mol. The zero-order chi connectivity index (χ0) is 90.2. The fourth-order valence-electron chi connectivity index (χ4n) is 21.8. The molecule has 3 heterocycles. The average Bonchev–Trinajstić information content (AvgIpc) is 1.61. The van der Waals surface area contributed by atoms with Crippen LogP contribution >= 0.6 is 0 Å². The number of aromatic nitrogens is 1. The van der Waals surface area contributed by atoms with Gasteiger partial charge in [0.05, 0.1) is 16.7 Å². The van der Waals surface area contributed by atoms with Crippen LogP contribution in [-0.2, 0) is 10.8 Å². The zero-order valence-electron chi connectivity index (χ0n) is 76.3. The number of hydrogen-bond acceptors (Lipinski definition) is 2. The molecule has 0 spiro atoms. The average molecular weight is 1750 g/mol. The Morgan fingerprint density at radius 1 is 0.194 bits per heavy atom. The Kier molecular flexibility index (Phi) is 20.9. The molecule has 0 saturated carbocycles. The van der Waals surface area contributed by atoms with Crippen molar-refractivity contribution in [2.75, 3.05) is 9.80 Å². The van der Waals surface area contributed by atoms with E-state index in [2.05, 4.69) is 553 Å². The van der Waals surface area contributed by atoms with E-state index in [0.29, 0.717) is 0 Å². The first-order valence-corrected chi connectivity index (χ1v) is 51.0. The van der Waals surface area contributed by atoms with E-state index in [1.807, 2.05) is 0 Å². The van der Waals surface area contributed by atoms with Crippen molar-refractivity contribution in [1.29, 1.82) is 0 Å². The molecule has 3 nitrogen and oxygen atoms in total. The maximum absolute atomic E-state index is 3.13. The number of anilines is 6. The lowest BCUT2D eigenvalue weighted by Gasteiger charge is -2.45. The Hall–Kier alpha value is -15.7. The highest BCUT2D eigenvalue weighted by molar-refractivity contribution is 7.20. The third-order valence-corrected chi connectivity index (χ3v) is 38.0. The highest BCUT2D eigenvalue weighted by Crippen LogP contribution is 2.51. The van der Waals surface area contributed by atoms with Gasteiger partial charge in [0.15, 0.2) is 16.1 Å². The summed E-state index contributed by atoms with van der Waals surface area (Å²) in [6.45, 7) is 13.7. The standard InChI is InChI=1S/C128H100BN3Si2/c1-127(2,3)102-66-78-120-115(86-102)116-87-103(128(4,5)6)67-79-121(116)131(120)105-70-76-118-123(88-105)130(104-68-58-93(59-69-104)89-36-16-7-17-37-89)124-84-101(95-62-73-111(74-63-95)134(108-52-30-14-31-53-108,109-54-32-15-33-55-109)113-57-35-47-98(81-113)91-40-20-9-21-41-91)85-125-126(124)129(118)117-75-64-100(83-122(117)132(125)119-77-65-99(92-42-22-10-23-43-92)82-114(119)96-44-24-11-25-45-96)94-60-71-110(72-61-94)133(106-48-26-12-27-49-106,107-50-28-13-29-51-107)112-56-34-46-97(80-112)90-38-18-8-19-39-90/h7-88H,1-6H3. The molecule has 21 aromatic rings. The summed E-state index contributed by atoms with van der Waals surface area (Å²) in [5.41, 5.74) is 32.3. The summed E-state index contributed by atoms with van der Waals surface area (Å²) in [6, 6.07) is 190. The van der Waals surface area contributed by atoms with Crippen LogP contribution in [-0.4, -0.2) is 27.4 Å². The van der Waals surface area contributed by atoms with Gasteiger partial charge >= 0.3 is 0 Å². The van der Waals surface area contributed by atoms with E-state index in [1.165, 1.54) is 119 Å². The highest BCUT2D eigenvalue weighted by Gasteiger charge is 2.47. The van der Waals surface area contributed by atoms with Crippen molar-refractivity contribution < 1.29 is 0 Å². The van der Waals surface area contributed by atoms with Gasteiger partial charge in [-0.2, -0.15) is 0 Å². The van der Waals surface area contributed by atoms with Crippen molar-refractivity contribution in [2.45, 2.75) is 52.4 Å². The minimum Gasteiger partial charge on any atom is -0.311 e. The lowest BCUT2D eigenvalue weighted by molar-refractivity contribution is 0.590. The number of benzene rings is 20. The highest BCUT2D eigenvalue weighted by atomic mass is 28.3. The van der Waals surface area contributed by atoms with Crippen LogP contribution in [0.25, 0.3) is 105 Å². The molecule has 23 rings (SSSR count). The maximum Gasteiger partial charge on any atom is 0.252 e. The molecule has 0 N–H and O–H groups in total. The number of nitrogens with zero attached hydrogens (tertiary/aromatic N) is 3. The van der Waals surface area contributed by atoms with Gasteiger partial charge in [-0.25, -0.2) is 0 Å². The summed E-state index contributed by atoms with van der Waals surface area (Å²) in [6.07, 6.45) is 0. The second kappa shape index (κ2) is 33.9.